The minimum Gasteiger partial charge on any atom is -0.505 e. The van der Waals surface area contributed by atoms with Gasteiger partial charge in [0.1, 0.15) is 11.5 Å². The van der Waals surface area contributed by atoms with Crippen molar-refractivity contribution in [1.29, 1.82) is 5.26 Å². The molecule has 0 spiro atoms. The predicted octanol–water partition coefficient (Wildman–Crippen LogP) is 4.02. The van der Waals surface area contributed by atoms with Crippen LogP contribution in [0.4, 0.5) is 0 Å². The summed E-state index contributed by atoms with van der Waals surface area (Å²) in [6, 6.07) is 5.35. The van der Waals surface area contributed by atoms with E-state index in [4.69, 9.17) is 9.68 Å². The summed E-state index contributed by atoms with van der Waals surface area (Å²) >= 11 is 0. The highest BCUT2D eigenvalue weighted by molar-refractivity contribution is 7.89. The average molecular weight is 438 g/mol. The van der Waals surface area contributed by atoms with E-state index in [0.717, 1.165) is 5.76 Å². The highest BCUT2D eigenvalue weighted by Crippen LogP contribution is 2.13. The van der Waals surface area contributed by atoms with Gasteiger partial charge in [-0.05, 0) is 32.4 Å². The number of aliphatic hydroxyl groups is 1. The van der Waals surface area contributed by atoms with Crippen molar-refractivity contribution >= 4 is 21.9 Å². The molecule has 0 bridgehead atoms. The van der Waals surface area contributed by atoms with E-state index in [1.807, 2.05) is 40.7 Å². The van der Waals surface area contributed by atoms with Crippen LogP contribution >= 0.6 is 0 Å². The molecular formula is C20H31N5O4S. The molecule has 1 aliphatic heterocycles. The Morgan fingerprint density at radius 2 is 2.00 bits per heavy atom. The number of allylic oxidation sites excluding steroid dienone is 2. The first kappa shape index (κ1) is 26.9. The van der Waals surface area contributed by atoms with Crippen molar-refractivity contribution < 1.29 is 17.9 Å². The highest BCUT2D eigenvalue weighted by atomic mass is 32.2. The van der Waals surface area contributed by atoms with Crippen molar-refractivity contribution in [2.24, 2.45) is 9.39 Å². The fourth-order valence-electron chi connectivity index (χ4n) is 2.07. The van der Waals surface area contributed by atoms with Gasteiger partial charge in [-0.1, -0.05) is 40.7 Å². The maximum atomic E-state index is 11.8. The summed E-state index contributed by atoms with van der Waals surface area (Å²) in [5.41, 5.74) is 0.252. The lowest BCUT2D eigenvalue weighted by atomic mass is 10.2. The van der Waals surface area contributed by atoms with Gasteiger partial charge in [0.25, 0.3) is 0 Å². The van der Waals surface area contributed by atoms with E-state index in [-0.39, 0.29) is 35.2 Å². The van der Waals surface area contributed by atoms with E-state index in [1.165, 1.54) is 6.92 Å². The molecule has 1 aromatic heterocycles. The third-order valence-electron chi connectivity index (χ3n) is 3.29. The van der Waals surface area contributed by atoms with Crippen molar-refractivity contribution in [3.63, 3.8) is 0 Å². The standard InChI is InChI=1S/C16H19N5O4S.2C2H6/c1-4-5-13(14(22)10(2)8-17)19-16-15(20-26(23,24)21-16)18-9-12-7-6-11(3)25-12;2*1-2/h5-7,22H,4,9H2,1-3H3,(H,18,20)(H,19,21);2*1-2H3/b13-5+,14-10-;;. The number of amidine groups is 2. The molecule has 0 fully saturated rings. The zero-order valence-electron chi connectivity index (χ0n) is 18.6. The van der Waals surface area contributed by atoms with Crippen LogP contribution < -0.4 is 10.0 Å². The number of nitrogens with one attached hydrogen (secondary N) is 2. The van der Waals surface area contributed by atoms with E-state index in [9.17, 15) is 13.5 Å². The van der Waals surface area contributed by atoms with Crippen LogP contribution in [0.2, 0.25) is 0 Å². The normalized spacial score (nSPS) is 16.7. The van der Waals surface area contributed by atoms with E-state index >= 15 is 0 Å². The van der Waals surface area contributed by atoms with E-state index in [1.54, 1.807) is 25.1 Å². The van der Waals surface area contributed by atoms with Gasteiger partial charge in [-0.2, -0.15) is 13.7 Å². The summed E-state index contributed by atoms with van der Waals surface area (Å²) in [7, 11) is -3.93. The fraction of sp³-hybridized carbons (Fsp3) is 0.450. The lowest BCUT2D eigenvalue weighted by Crippen LogP contribution is -2.35. The van der Waals surface area contributed by atoms with Gasteiger partial charge in [-0.25, -0.2) is 4.72 Å². The highest BCUT2D eigenvalue weighted by Gasteiger charge is 2.27. The maximum absolute atomic E-state index is 11.8. The van der Waals surface area contributed by atoms with Gasteiger partial charge in [0.05, 0.1) is 23.9 Å². The molecule has 166 valence electrons. The zero-order chi connectivity index (χ0) is 23.3. The first-order valence-corrected chi connectivity index (χ1v) is 11.2. The summed E-state index contributed by atoms with van der Waals surface area (Å²) in [6.07, 6.45) is 2.15. The summed E-state index contributed by atoms with van der Waals surface area (Å²) in [4.78, 5) is 4.17. The molecule has 0 amide bonds. The van der Waals surface area contributed by atoms with Crippen LogP contribution in [0.5, 0.6) is 0 Å². The Morgan fingerprint density at radius 1 is 1.37 bits per heavy atom. The van der Waals surface area contributed by atoms with Crippen LogP contribution in [0.15, 0.2) is 49.0 Å². The third kappa shape index (κ3) is 8.13. The Morgan fingerprint density at radius 3 is 2.50 bits per heavy atom. The lowest BCUT2D eigenvalue weighted by molar-refractivity contribution is 0.414. The van der Waals surface area contributed by atoms with Crippen molar-refractivity contribution in [2.45, 2.75) is 61.4 Å². The second kappa shape index (κ2) is 13.2. The molecule has 1 aliphatic rings. The van der Waals surface area contributed by atoms with Gasteiger partial charge in [-0.3, -0.25) is 4.99 Å². The molecule has 0 unspecified atom stereocenters. The number of aryl methyl sites for hydroxylation is 1. The van der Waals surface area contributed by atoms with Gasteiger partial charge < -0.3 is 14.8 Å². The monoisotopic (exact) mass is 437 g/mol. The zero-order valence-corrected chi connectivity index (χ0v) is 19.4. The summed E-state index contributed by atoms with van der Waals surface area (Å²) in [6.45, 7) is 13.2. The Balaban J connectivity index is 0.00000198. The summed E-state index contributed by atoms with van der Waals surface area (Å²) in [5.74, 6) is 0.901. The predicted molar refractivity (Wildman–Crippen MR) is 119 cm³/mol. The van der Waals surface area contributed by atoms with Gasteiger partial charge >= 0.3 is 10.2 Å². The molecule has 10 heteroatoms. The van der Waals surface area contributed by atoms with Crippen LogP contribution in [0.25, 0.3) is 0 Å². The number of nitriles is 1. The van der Waals surface area contributed by atoms with Crippen molar-refractivity contribution in [3.8, 4) is 6.07 Å². The molecule has 0 aromatic carbocycles. The van der Waals surface area contributed by atoms with Crippen molar-refractivity contribution in [1.82, 2.24) is 10.0 Å². The molecule has 0 radical (unpaired) electrons. The van der Waals surface area contributed by atoms with Gasteiger partial charge in [0.15, 0.2) is 17.4 Å². The van der Waals surface area contributed by atoms with Gasteiger partial charge in [0.2, 0.25) is 0 Å². The minimum atomic E-state index is -3.93. The minimum absolute atomic E-state index is 0.0107. The van der Waals surface area contributed by atoms with Crippen LogP contribution in [0.1, 0.15) is 59.5 Å². The van der Waals surface area contributed by atoms with Gasteiger partial charge in [-0.15, -0.1) is 4.40 Å². The first-order valence-electron chi connectivity index (χ1n) is 9.76. The topological polar surface area (TPSA) is 140 Å². The number of hydrogen-bond acceptors (Lipinski definition) is 7. The smallest absolute Gasteiger partial charge is 0.345 e. The molecule has 2 rings (SSSR count). The Bertz CT molecular complexity index is 964. The maximum Gasteiger partial charge on any atom is 0.345 e. The van der Waals surface area contributed by atoms with Crippen LogP contribution in [-0.2, 0) is 16.8 Å². The number of nitrogens with zero attached hydrogens (tertiary/aromatic N) is 3. The lowest BCUT2D eigenvalue weighted by Gasteiger charge is -2.10. The molecule has 0 atom stereocenters. The second-order valence-corrected chi connectivity index (χ2v) is 6.77. The average Bonchev–Trinajstić information content (AvgIpc) is 3.29. The quantitative estimate of drug-likeness (QED) is 0.361. The van der Waals surface area contributed by atoms with Crippen molar-refractivity contribution in [2.75, 3.05) is 0 Å². The second-order valence-electron chi connectivity index (χ2n) is 5.43. The van der Waals surface area contributed by atoms with Gasteiger partial charge in [0, 0.05) is 0 Å². The molecule has 0 saturated heterocycles. The van der Waals surface area contributed by atoms with E-state index < -0.39 is 10.2 Å². The number of rotatable bonds is 5. The number of hydrogen-bond donors (Lipinski definition) is 3. The van der Waals surface area contributed by atoms with Crippen LogP contribution in [-0.4, -0.2) is 25.2 Å². The molecule has 30 heavy (non-hydrogen) atoms. The largest absolute Gasteiger partial charge is 0.505 e. The molecule has 0 aliphatic carbocycles. The Labute approximate surface area is 179 Å². The molecule has 9 nitrogen and oxygen atoms in total. The van der Waals surface area contributed by atoms with E-state index in [2.05, 4.69) is 19.4 Å². The number of furan rings is 1. The van der Waals surface area contributed by atoms with Crippen LogP contribution in [0, 0.1) is 18.3 Å². The number of aliphatic imine (C=N–C) groups is 1. The Kier molecular flexibility index (Phi) is 11.9. The molecule has 2 heterocycles. The van der Waals surface area contributed by atoms with E-state index in [0.29, 0.717) is 12.2 Å². The molecule has 3 N–H and O–H groups in total. The van der Waals surface area contributed by atoms with Crippen LogP contribution in [0.3, 0.4) is 0 Å². The summed E-state index contributed by atoms with van der Waals surface area (Å²) in [5, 5.41) is 21.8. The van der Waals surface area contributed by atoms with Crippen molar-refractivity contribution in [3.05, 3.63) is 46.8 Å². The first-order chi connectivity index (χ1) is 14.3. The molecule has 1 aromatic rings. The fourth-order valence-corrected chi connectivity index (χ4v) is 2.89. The SMILES string of the molecule is CC.CC.CC/C=C(NC1=NS(=O)(=O)NC1=NCc1ccc(C)o1)\C(O)=C(/C)C#N. The number of aliphatic hydroxyl groups excluding tert-OH is 1. The summed E-state index contributed by atoms with van der Waals surface area (Å²) < 4.78 is 34.7. The third-order valence-corrected chi connectivity index (χ3v) is 4.16. The molecular weight excluding hydrogens is 406 g/mol. The Hall–Kier alpha value is -3.06. The molecule has 0 saturated carbocycles.